The fraction of sp³-hybridized carbons (Fsp3) is 0.474. The number of unbranched alkanes of at least 4 members (excludes halogenated alkanes) is 6. The van der Waals surface area contributed by atoms with Crippen molar-refractivity contribution in [2.75, 3.05) is 0 Å². The van der Waals surface area contributed by atoms with E-state index < -0.39 is 5.97 Å². The highest BCUT2D eigenvalue weighted by Gasteiger charge is 2.09. The fourth-order valence-electron chi connectivity index (χ4n) is 2.72. The predicted octanol–water partition coefficient (Wildman–Crippen LogP) is 5.09. The molecule has 1 aromatic carbocycles. The molecule has 0 amide bonds. The monoisotopic (exact) mass is 315 g/mol. The molecule has 0 unspecified atom stereocenters. The van der Waals surface area contributed by atoms with Crippen LogP contribution in [0.2, 0.25) is 0 Å². The highest BCUT2D eigenvalue weighted by atomic mass is 16.4. The molecule has 0 saturated carbocycles. The first-order valence-electron chi connectivity index (χ1n) is 8.47. The zero-order chi connectivity index (χ0) is 16.3. The number of aryl methyl sites for hydroxylation is 1. The van der Waals surface area contributed by atoms with Crippen molar-refractivity contribution in [3.63, 3.8) is 0 Å². The van der Waals surface area contributed by atoms with Gasteiger partial charge in [0.15, 0.2) is 12.2 Å². The zero-order valence-electron chi connectivity index (χ0n) is 13.5. The molecule has 4 heteroatoms. The lowest BCUT2D eigenvalue weighted by Crippen LogP contribution is -1.93. The van der Waals surface area contributed by atoms with Crippen molar-refractivity contribution < 1.29 is 14.3 Å². The summed E-state index contributed by atoms with van der Waals surface area (Å²) in [5.41, 5.74) is 2.12. The number of aromatic nitrogens is 1. The second kappa shape index (κ2) is 9.82. The van der Waals surface area contributed by atoms with Crippen molar-refractivity contribution >= 4 is 5.97 Å². The third-order valence-corrected chi connectivity index (χ3v) is 3.98. The lowest BCUT2D eigenvalue weighted by molar-refractivity contribution is -0.137. The van der Waals surface area contributed by atoms with Gasteiger partial charge in [-0.15, -0.1) is 0 Å². The molecule has 1 aromatic heterocycles. The Morgan fingerprint density at radius 1 is 0.957 bits per heavy atom. The standard InChI is InChI=1S/C19H25NO3/c21-18(22)14-10-5-3-1-2-4-9-13-17-19(23-15-20-17)16-11-7-6-8-12-16/h6-8,11-12,15H,1-5,9-10,13-14H2,(H,21,22). The van der Waals surface area contributed by atoms with Gasteiger partial charge in [0.1, 0.15) is 0 Å². The van der Waals surface area contributed by atoms with Crippen LogP contribution in [-0.2, 0) is 11.2 Å². The number of carbonyl (C=O) groups is 1. The van der Waals surface area contributed by atoms with Crippen LogP contribution >= 0.6 is 0 Å². The number of hydrogen-bond donors (Lipinski definition) is 1. The average Bonchev–Trinajstić information content (AvgIpc) is 3.02. The van der Waals surface area contributed by atoms with E-state index in [0.29, 0.717) is 6.42 Å². The number of benzene rings is 1. The molecule has 4 nitrogen and oxygen atoms in total. The molecule has 1 N–H and O–H groups in total. The van der Waals surface area contributed by atoms with Crippen molar-refractivity contribution in [3.05, 3.63) is 42.4 Å². The Labute approximate surface area is 137 Å². The minimum absolute atomic E-state index is 0.300. The molecule has 23 heavy (non-hydrogen) atoms. The maximum atomic E-state index is 10.4. The van der Waals surface area contributed by atoms with Gasteiger partial charge in [-0.05, 0) is 19.3 Å². The molecule has 2 rings (SSSR count). The summed E-state index contributed by atoms with van der Waals surface area (Å²) >= 11 is 0. The number of oxazole rings is 1. The van der Waals surface area contributed by atoms with Crippen LogP contribution in [0.1, 0.15) is 57.1 Å². The third kappa shape index (κ3) is 6.27. The van der Waals surface area contributed by atoms with Gasteiger partial charge in [0.05, 0.1) is 5.69 Å². The Morgan fingerprint density at radius 2 is 1.61 bits per heavy atom. The van der Waals surface area contributed by atoms with Gasteiger partial charge < -0.3 is 9.52 Å². The Bertz CT molecular complexity index is 577. The molecule has 124 valence electrons. The first-order valence-corrected chi connectivity index (χ1v) is 8.47. The Balaban J connectivity index is 1.61. The summed E-state index contributed by atoms with van der Waals surface area (Å²) in [5.74, 6) is 0.200. The van der Waals surface area contributed by atoms with E-state index in [0.717, 1.165) is 49.1 Å². The summed E-state index contributed by atoms with van der Waals surface area (Å²) in [6, 6.07) is 10.1. The Kier molecular flexibility index (Phi) is 7.37. The number of carboxylic acids is 1. The SMILES string of the molecule is O=C(O)CCCCCCCCCc1ncoc1-c1ccccc1. The normalized spacial score (nSPS) is 10.8. The van der Waals surface area contributed by atoms with E-state index in [9.17, 15) is 4.79 Å². The van der Waals surface area contributed by atoms with Crippen molar-refractivity contribution in [3.8, 4) is 11.3 Å². The van der Waals surface area contributed by atoms with E-state index in [1.54, 1.807) is 0 Å². The summed E-state index contributed by atoms with van der Waals surface area (Å²) in [5, 5.41) is 8.57. The predicted molar refractivity (Wildman–Crippen MR) is 90.2 cm³/mol. The lowest BCUT2D eigenvalue weighted by Gasteiger charge is -2.03. The number of aliphatic carboxylic acids is 1. The molecule has 0 saturated heterocycles. The minimum atomic E-state index is -0.688. The first-order chi connectivity index (χ1) is 11.3. The molecule has 0 fully saturated rings. The van der Waals surface area contributed by atoms with Gasteiger partial charge in [0.2, 0.25) is 0 Å². The molecule has 0 radical (unpaired) electrons. The van der Waals surface area contributed by atoms with Crippen molar-refractivity contribution in [1.82, 2.24) is 4.98 Å². The topological polar surface area (TPSA) is 63.3 Å². The molecule has 0 atom stereocenters. The first kappa shape index (κ1) is 17.3. The molecular weight excluding hydrogens is 290 g/mol. The second-order valence-corrected chi connectivity index (χ2v) is 5.86. The summed E-state index contributed by atoms with van der Waals surface area (Å²) in [6.45, 7) is 0. The Morgan fingerprint density at radius 3 is 2.30 bits per heavy atom. The van der Waals surface area contributed by atoms with Gasteiger partial charge in [-0.25, -0.2) is 4.98 Å². The fourth-order valence-corrected chi connectivity index (χ4v) is 2.72. The quantitative estimate of drug-likeness (QED) is 0.587. The van der Waals surface area contributed by atoms with Crippen LogP contribution in [0.3, 0.4) is 0 Å². The summed E-state index contributed by atoms with van der Waals surface area (Å²) < 4.78 is 5.53. The van der Waals surface area contributed by atoms with Crippen LogP contribution in [0.15, 0.2) is 41.1 Å². The van der Waals surface area contributed by atoms with E-state index in [1.807, 2.05) is 30.3 Å². The summed E-state index contributed by atoms with van der Waals surface area (Å²) in [7, 11) is 0. The number of hydrogen-bond acceptors (Lipinski definition) is 3. The van der Waals surface area contributed by atoms with Gasteiger partial charge in [0, 0.05) is 12.0 Å². The van der Waals surface area contributed by atoms with Gasteiger partial charge in [-0.1, -0.05) is 62.4 Å². The van der Waals surface area contributed by atoms with E-state index in [4.69, 9.17) is 9.52 Å². The van der Waals surface area contributed by atoms with E-state index >= 15 is 0 Å². The van der Waals surface area contributed by atoms with E-state index in [-0.39, 0.29) is 0 Å². The second-order valence-electron chi connectivity index (χ2n) is 5.86. The van der Waals surface area contributed by atoms with Crippen LogP contribution in [0, 0.1) is 0 Å². The van der Waals surface area contributed by atoms with Gasteiger partial charge in [-0.2, -0.15) is 0 Å². The maximum Gasteiger partial charge on any atom is 0.303 e. The minimum Gasteiger partial charge on any atom is -0.481 e. The molecule has 0 aliphatic rings. The van der Waals surface area contributed by atoms with E-state index in [1.165, 1.54) is 25.7 Å². The van der Waals surface area contributed by atoms with Crippen LogP contribution in [0.25, 0.3) is 11.3 Å². The Hall–Kier alpha value is -2.10. The summed E-state index contributed by atoms with van der Waals surface area (Å²) in [6.07, 6.45) is 10.4. The van der Waals surface area contributed by atoms with Crippen LogP contribution < -0.4 is 0 Å². The smallest absolute Gasteiger partial charge is 0.303 e. The average molecular weight is 315 g/mol. The van der Waals surface area contributed by atoms with Crippen LogP contribution in [0.4, 0.5) is 0 Å². The van der Waals surface area contributed by atoms with Crippen molar-refractivity contribution in [2.24, 2.45) is 0 Å². The molecule has 0 spiro atoms. The van der Waals surface area contributed by atoms with E-state index in [2.05, 4.69) is 4.98 Å². The molecule has 0 aliphatic carbocycles. The third-order valence-electron chi connectivity index (χ3n) is 3.98. The lowest BCUT2D eigenvalue weighted by atomic mass is 10.0. The summed E-state index contributed by atoms with van der Waals surface area (Å²) in [4.78, 5) is 14.7. The highest BCUT2D eigenvalue weighted by molar-refractivity contribution is 5.66. The van der Waals surface area contributed by atoms with Gasteiger partial charge >= 0.3 is 5.97 Å². The van der Waals surface area contributed by atoms with Crippen LogP contribution in [0.5, 0.6) is 0 Å². The molecule has 1 heterocycles. The van der Waals surface area contributed by atoms with Crippen molar-refractivity contribution in [1.29, 1.82) is 0 Å². The van der Waals surface area contributed by atoms with Gasteiger partial charge in [0.25, 0.3) is 0 Å². The maximum absolute atomic E-state index is 10.4. The zero-order valence-corrected chi connectivity index (χ0v) is 13.5. The van der Waals surface area contributed by atoms with Crippen molar-refractivity contribution in [2.45, 2.75) is 57.8 Å². The largest absolute Gasteiger partial charge is 0.481 e. The van der Waals surface area contributed by atoms with Gasteiger partial charge in [-0.3, -0.25) is 4.79 Å². The molecule has 2 aromatic rings. The number of carboxylic acid groups (broad SMARTS) is 1. The van der Waals surface area contributed by atoms with Crippen LogP contribution in [-0.4, -0.2) is 16.1 Å². The number of rotatable bonds is 11. The number of nitrogens with zero attached hydrogens (tertiary/aromatic N) is 1. The molecule has 0 aliphatic heterocycles. The molecule has 0 bridgehead atoms. The highest BCUT2D eigenvalue weighted by Crippen LogP contribution is 2.24. The molecular formula is C19H25NO3.